The van der Waals surface area contributed by atoms with Crippen molar-refractivity contribution in [2.75, 3.05) is 26.7 Å². The van der Waals surface area contributed by atoms with Gasteiger partial charge in [-0.2, -0.15) is 0 Å². The molecule has 23 heavy (non-hydrogen) atoms. The van der Waals surface area contributed by atoms with Crippen LogP contribution < -0.4 is 10.6 Å². The minimum Gasteiger partial charge on any atom is -0.355 e. The minimum atomic E-state index is 0. The third-order valence-corrected chi connectivity index (χ3v) is 4.66. The van der Waals surface area contributed by atoms with E-state index in [4.69, 9.17) is 11.6 Å². The smallest absolute Gasteiger partial charge is 0.191 e. The highest BCUT2D eigenvalue weighted by atomic mass is 127. The summed E-state index contributed by atoms with van der Waals surface area (Å²) in [5.74, 6) is 0.835. The zero-order valence-corrected chi connectivity index (χ0v) is 17.1. The van der Waals surface area contributed by atoms with Crippen LogP contribution in [0.2, 0.25) is 5.02 Å². The number of hydrogen-bond acceptors (Lipinski definition) is 2. The van der Waals surface area contributed by atoms with Crippen LogP contribution in [-0.2, 0) is 6.54 Å². The predicted molar refractivity (Wildman–Crippen MR) is 110 cm³/mol. The molecule has 6 heteroatoms. The normalized spacial score (nSPS) is 19.1. The van der Waals surface area contributed by atoms with Crippen molar-refractivity contribution in [3.8, 4) is 0 Å². The number of likely N-dealkylation sites (N-methyl/N-ethyl adjacent to an activating group) is 1. The van der Waals surface area contributed by atoms with E-state index in [1.807, 2.05) is 24.3 Å². The lowest BCUT2D eigenvalue weighted by Crippen LogP contribution is -2.48. The summed E-state index contributed by atoms with van der Waals surface area (Å²) in [6.45, 7) is 6.20. The van der Waals surface area contributed by atoms with Crippen molar-refractivity contribution in [2.45, 2.75) is 38.8 Å². The highest BCUT2D eigenvalue weighted by molar-refractivity contribution is 14.0. The second kappa shape index (κ2) is 11.1. The average Bonchev–Trinajstić information content (AvgIpc) is 2.56. The van der Waals surface area contributed by atoms with E-state index in [-0.39, 0.29) is 24.0 Å². The predicted octanol–water partition coefficient (Wildman–Crippen LogP) is 3.50. The van der Waals surface area contributed by atoms with Gasteiger partial charge in [0.1, 0.15) is 0 Å². The van der Waals surface area contributed by atoms with Gasteiger partial charge in [0.25, 0.3) is 0 Å². The molecule has 1 aliphatic rings. The number of aliphatic imine (C=N–C) groups is 1. The SMILES string of the molecule is CCN1CCCCC1CNC(=NC)NCc1ccccc1Cl.I. The molecule has 1 aromatic carbocycles. The Balaban J connectivity index is 0.00000264. The Morgan fingerprint density at radius 3 is 2.78 bits per heavy atom. The molecule has 2 rings (SSSR count). The van der Waals surface area contributed by atoms with Crippen molar-refractivity contribution in [3.63, 3.8) is 0 Å². The number of halogens is 2. The molecule has 130 valence electrons. The molecule has 0 spiro atoms. The average molecular weight is 451 g/mol. The summed E-state index contributed by atoms with van der Waals surface area (Å²) in [6, 6.07) is 8.50. The third-order valence-electron chi connectivity index (χ3n) is 4.29. The van der Waals surface area contributed by atoms with Gasteiger partial charge in [0.2, 0.25) is 0 Å². The molecule has 0 radical (unpaired) electrons. The topological polar surface area (TPSA) is 39.7 Å². The Bertz CT molecular complexity index is 495. The molecule has 0 amide bonds. The lowest BCUT2D eigenvalue weighted by atomic mass is 10.0. The standard InChI is InChI=1S/C17H27ClN4.HI/c1-3-22-11-7-6-9-15(22)13-21-17(19-2)20-12-14-8-4-5-10-16(14)18;/h4-5,8,10,15H,3,6-7,9,11-13H2,1-2H3,(H2,19,20,21);1H. The Kier molecular flexibility index (Phi) is 9.90. The van der Waals surface area contributed by atoms with Gasteiger partial charge in [-0.15, -0.1) is 24.0 Å². The van der Waals surface area contributed by atoms with Crippen molar-refractivity contribution < 1.29 is 0 Å². The molecule has 2 N–H and O–H groups in total. The first-order valence-corrected chi connectivity index (χ1v) is 8.54. The number of nitrogens with zero attached hydrogens (tertiary/aromatic N) is 2. The van der Waals surface area contributed by atoms with Gasteiger partial charge >= 0.3 is 0 Å². The Hall–Kier alpha value is -0.530. The number of likely N-dealkylation sites (tertiary alicyclic amines) is 1. The fourth-order valence-electron chi connectivity index (χ4n) is 2.96. The molecule has 1 saturated heterocycles. The highest BCUT2D eigenvalue weighted by Gasteiger charge is 2.20. The monoisotopic (exact) mass is 450 g/mol. The Morgan fingerprint density at radius 2 is 2.09 bits per heavy atom. The molecule has 0 aromatic heterocycles. The molecule has 0 aliphatic carbocycles. The Morgan fingerprint density at radius 1 is 1.30 bits per heavy atom. The molecule has 1 unspecified atom stereocenters. The molecular formula is C17H28ClIN4. The lowest BCUT2D eigenvalue weighted by molar-refractivity contribution is 0.157. The summed E-state index contributed by atoms with van der Waals surface area (Å²) in [6.07, 6.45) is 3.92. The van der Waals surface area contributed by atoms with Crippen LogP contribution in [-0.4, -0.2) is 43.6 Å². The molecular weight excluding hydrogens is 423 g/mol. The summed E-state index contributed by atoms with van der Waals surface area (Å²) in [7, 11) is 1.81. The van der Waals surface area contributed by atoms with Crippen LogP contribution in [0.3, 0.4) is 0 Å². The van der Waals surface area contributed by atoms with Crippen molar-refractivity contribution >= 4 is 41.5 Å². The summed E-state index contributed by atoms with van der Waals surface area (Å²) in [5.41, 5.74) is 1.08. The quantitative estimate of drug-likeness (QED) is 0.410. The van der Waals surface area contributed by atoms with Gasteiger partial charge in [0.15, 0.2) is 5.96 Å². The third kappa shape index (κ3) is 6.47. The molecule has 1 heterocycles. The van der Waals surface area contributed by atoms with Crippen LogP contribution in [0, 0.1) is 0 Å². The van der Waals surface area contributed by atoms with Gasteiger partial charge in [-0.25, -0.2) is 0 Å². The Labute approximate surface area is 162 Å². The van der Waals surface area contributed by atoms with Gasteiger partial charge in [-0.05, 0) is 37.6 Å². The summed E-state index contributed by atoms with van der Waals surface area (Å²) in [5, 5.41) is 7.57. The molecule has 0 bridgehead atoms. The van der Waals surface area contributed by atoms with Gasteiger partial charge in [-0.1, -0.05) is 43.1 Å². The van der Waals surface area contributed by atoms with Crippen molar-refractivity contribution in [3.05, 3.63) is 34.9 Å². The fraction of sp³-hybridized carbons (Fsp3) is 0.588. The first kappa shape index (κ1) is 20.5. The summed E-state index contributed by atoms with van der Waals surface area (Å²) < 4.78 is 0. The maximum absolute atomic E-state index is 6.18. The molecule has 1 aliphatic heterocycles. The van der Waals surface area contributed by atoms with Crippen LogP contribution >= 0.6 is 35.6 Å². The number of piperidine rings is 1. The second-order valence-corrected chi connectivity index (χ2v) is 6.08. The van der Waals surface area contributed by atoms with E-state index >= 15 is 0 Å². The molecule has 4 nitrogen and oxygen atoms in total. The van der Waals surface area contributed by atoms with E-state index in [9.17, 15) is 0 Å². The van der Waals surface area contributed by atoms with Gasteiger partial charge in [-0.3, -0.25) is 9.89 Å². The minimum absolute atomic E-state index is 0. The zero-order valence-electron chi connectivity index (χ0n) is 14.0. The second-order valence-electron chi connectivity index (χ2n) is 5.68. The van der Waals surface area contributed by atoms with Crippen LogP contribution in [0.4, 0.5) is 0 Å². The van der Waals surface area contributed by atoms with Crippen molar-refractivity contribution in [1.29, 1.82) is 0 Å². The zero-order chi connectivity index (χ0) is 15.8. The van der Waals surface area contributed by atoms with E-state index in [2.05, 4.69) is 27.4 Å². The van der Waals surface area contributed by atoms with Gasteiger partial charge in [0, 0.05) is 31.2 Å². The van der Waals surface area contributed by atoms with E-state index in [1.165, 1.54) is 25.8 Å². The van der Waals surface area contributed by atoms with Crippen LogP contribution in [0.1, 0.15) is 31.7 Å². The summed E-state index contributed by atoms with van der Waals surface area (Å²) in [4.78, 5) is 6.85. The lowest BCUT2D eigenvalue weighted by Gasteiger charge is -2.35. The van der Waals surface area contributed by atoms with E-state index < -0.39 is 0 Å². The van der Waals surface area contributed by atoms with E-state index in [0.717, 1.165) is 29.6 Å². The maximum atomic E-state index is 6.18. The fourth-order valence-corrected chi connectivity index (χ4v) is 3.17. The highest BCUT2D eigenvalue weighted by Crippen LogP contribution is 2.16. The molecule has 1 aromatic rings. The van der Waals surface area contributed by atoms with E-state index in [1.54, 1.807) is 7.05 Å². The number of hydrogen-bond donors (Lipinski definition) is 2. The van der Waals surface area contributed by atoms with Crippen LogP contribution in [0.15, 0.2) is 29.3 Å². The number of rotatable bonds is 5. The van der Waals surface area contributed by atoms with Crippen molar-refractivity contribution in [1.82, 2.24) is 15.5 Å². The van der Waals surface area contributed by atoms with E-state index in [0.29, 0.717) is 12.6 Å². The largest absolute Gasteiger partial charge is 0.355 e. The molecule has 1 atom stereocenters. The van der Waals surface area contributed by atoms with Crippen LogP contribution in [0.5, 0.6) is 0 Å². The number of benzene rings is 1. The first-order chi connectivity index (χ1) is 10.7. The van der Waals surface area contributed by atoms with Gasteiger partial charge < -0.3 is 10.6 Å². The maximum Gasteiger partial charge on any atom is 0.191 e. The first-order valence-electron chi connectivity index (χ1n) is 8.16. The molecule has 0 saturated carbocycles. The number of nitrogens with one attached hydrogen (secondary N) is 2. The van der Waals surface area contributed by atoms with Gasteiger partial charge in [0.05, 0.1) is 0 Å². The summed E-state index contributed by atoms with van der Waals surface area (Å²) >= 11 is 6.18. The van der Waals surface area contributed by atoms with Crippen molar-refractivity contribution in [2.24, 2.45) is 4.99 Å². The number of guanidine groups is 1. The van der Waals surface area contributed by atoms with Crippen LogP contribution in [0.25, 0.3) is 0 Å². The molecule has 1 fully saturated rings.